The van der Waals surface area contributed by atoms with Crippen molar-refractivity contribution in [3.05, 3.63) is 54.1 Å². The monoisotopic (exact) mass is 411 g/mol. The lowest BCUT2D eigenvalue weighted by Gasteiger charge is -2.30. The van der Waals surface area contributed by atoms with E-state index in [0.717, 1.165) is 36.6 Å². The molecule has 1 amide bonds. The summed E-state index contributed by atoms with van der Waals surface area (Å²) in [4.78, 5) is 14.9. The highest BCUT2D eigenvalue weighted by Crippen LogP contribution is 2.28. The van der Waals surface area contributed by atoms with Gasteiger partial charge in [-0.3, -0.25) is 10.1 Å². The number of piperidine rings is 1. The van der Waals surface area contributed by atoms with Crippen molar-refractivity contribution >= 4 is 34.6 Å². The molecule has 0 saturated carbocycles. The van der Waals surface area contributed by atoms with E-state index in [4.69, 9.17) is 17.0 Å². The van der Waals surface area contributed by atoms with Crippen molar-refractivity contribution in [2.75, 3.05) is 23.3 Å². The molecule has 3 rings (SSSR count). The number of para-hydroxylation sites is 2. The molecule has 1 heterocycles. The third kappa shape index (κ3) is 5.94. The summed E-state index contributed by atoms with van der Waals surface area (Å²) in [5.74, 6) is 0.514. The van der Waals surface area contributed by atoms with Crippen LogP contribution in [0.3, 0.4) is 0 Å². The second-order valence-corrected chi connectivity index (χ2v) is 7.74. The third-order valence-electron chi connectivity index (χ3n) is 5.10. The van der Waals surface area contributed by atoms with Gasteiger partial charge in [0.2, 0.25) is 0 Å². The smallest absolute Gasteiger partial charge is 0.257 e. The van der Waals surface area contributed by atoms with Crippen LogP contribution < -0.4 is 20.3 Å². The van der Waals surface area contributed by atoms with E-state index >= 15 is 0 Å². The summed E-state index contributed by atoms with van der Waals surface area (Å²) >= 11 is 5.39. The molecule has 1 saturated heterocycles. The molecule has 6 heteroatoms. The molecule has 0 spiro atoms. The number of carbonyl (C=O) groups is 1. The molecule has 1 fully saturated rings. The van der Waals surface area contributed by atoms with Gasteiger partial charge < -0.3 is 15.0 Å². The zero-order chi connectivity index (χ0) is 20.6. The van der Waals surface area contributed by atoms with Gasteiger partial charge in [0.05, 0.1) is 17.5 Å². The minimum atomic E-state index is -0.243. The summed E-state index contributed by atoms with van der Waals surface area (Å²) in [5.41, 5.74) is 2.57. The summed E-state index contributed by atoms with van der Waals surface area (Å²) in [5, 5.41) is 6.25. The van der Waals surface area contributed by atoms with E-state index in [9.17, 15) is 4.79 Å². The van der Waals surface area contributed by atoms with Gasteiger partial charge in [0.15, 0.2) is 5.11 Å². The minimum Gasteiger partial charge on any atom is -0.491 e. The van der Waals surface area contributed by atoms with Crippen molar-refractivity contribution in [3.8, 4) is 5.75 Å². The molecule has 29 heavy (non-hydrogen) atoms. The summed E-state index contributed by atoms with van der Waals surface area (Å²) in [6, 6.07) is 15.2. The van der Waals surface area contributed by atoms with Crippen molar-refractivity contribution < 1.29 is 9.53 Å². The predicted octanol–water partition coefficient (Wildman–Crippen LogP) is 4.98. The topological polar surface area (TPSA) is 53.6 Å². The summed E-state index contributed by atoms with van der Waals surface area (Å²) < 4.78 is 5.75. The summed E-state index contributed by atoms with van der Waals surface area (Å²) in [6.45, 7) is 6.18. The predicted molar refractivity (Wildman–Crippen MR) is 123 cm³/mol. The Morgan fingerprint density at radius 1 is 1.10 bits per heavy atom. The molecule has 5 nitrogen and oxygen atoms in total. The number of hydrogen-bond donors (Lipinski definition) is 2. The quantitative estimate of drug-likeness (QED) is 0.657. The number of thiocarbonyl (C=S) groups is 1. The van der Waals surface area contributed by atoms with Crippen LogP contribution in [0, 0.1) is 0 Å². The van der Waals surface area contributed by atoms with E-state index in [1.165, 1.54) is 19.3 Å². The van der Waals surface area contributed by atoms with Crippen molar-refractivity contribution in [2.24, 2.45) is 0 Å². The van der Waals surface area contributed by atoms with Crippen LogP contribution >= 0.6 is 12.2 Å². The lowest BCUT2D eigenvalue weighted by Crippen LogP contribution is -2.35. The number of benzene rings is 2. The van der Waals surface area contributed by atoms with Crippen LogP contribution in [0.15, 0.2) is 48.5 Å². The summed E-state index contributed by atoms with van der Waals surface area (Å²) in [7, 11) is 0. The molecule has 0 aromatic heterocycles. The van der Waals surface area contributed by atoms with Crippen LogP contribution in [0.5, 0.6) is 5.75 Å². The number of anilines is 2. The Kier molecular flexibility index (Phi) is 7.47. The van der Waals surface area contributed by atoms with Crippen LogP contribution in [0.4, 0.5) is 11.4 Å². The van der Waals surface area contributed by atoms with E-state index in [1.807, 2.05) is 37.3 Å². The lowest BCUT2D eigenvalue weighted by molar-refractivity contribution is 0.0977. The largest absolute Gasteiger partial charge is 0.491 e. The average Bonchev–Trinajstić information content (AvgIpc) is 2.75. The fraction of sp³-hybridized carbons (Fsp3) is 0.391. The van der Waals surface area contributed by atoms with Crippen molar-refractivity contribution in [3.63, 3.8) is 0 Å². The van der Waals surface area contributed by atoms with Gasteiger partial charge >= 0.3 is 0 Å². The van der Waals surface area contributed by atoms with Crippen LogP contribution in [-0.4, -0.2) is 30.2 Å². The van der Waals surface area contributed by atoms with Crippen LogP contribution in [0.1, 0.15) is 49.9 Å². The van der Waals surface area contributed by atoms with Gasteiger partial charge in [-0.1, -0.05) is 19.1 Å². The Morgan fingerprint density at radius 2 is 1.79 bits per heavy atom. The SMILES string of the molecule is CC[C@@H](C)Oc1ccc(C(=O)NC(=S)Nc2ccccc2N2CCCCC2)cc1. The number of ether oxygens (including phenoxy) is 1. The lowest BCUT2D eigenvalue weighted by atomic mass is 10.1. The average molecular weight is 412 g/mol. The molecule has 154 valence electrons. The zero-order valence-electron chi connectivity index (χ0n) is 17.1. The number of carbonyl (C=O) groups excluding carboxylic acids is 1. The Bertz CT molecular complexity index is 832. The van der Waals surface area contributed by atoms with Crippen molar-refractivity contribution in [2.45, 2.75) is 45.6 Å². The first-order valence-electron chi connectivity index (χ1n) is 10.3. The highest BCUT2D eigenvalue weighted by molar-refractivity contribution is 7.80. The molecule has 2 aromatic carbocycles. The second kappa shape index (κ2) is 10.3. The Morgan fingerprint density at radius 3 is 2.48 bits per heavy atom. The van der Waals surface area contributed by atoms with E-state index in [1.54, 1.807) is 12.1 Å². The normalized spacial score (nSPS) is 14.8. The maximum atomic E-state index is 12.5. The summed E-state index contributed by atoms with van der Waals surface area (Å²) in [6.07, 6.45) is 4.76. The Labute approximate surface area is 178 Å². The fourth-order valence-electron chi connectivity index (χ4n) is 3.32. The highest BCUT2D eigenvalue weighted by Gasteiger charge is 2.15. The zero-order valence-corrected chi connectivity index (χ0v) is 17.9. The number of hydrogen-bond acceptors (Lipinski definition) is 4. The molecule has 0 aliphatic carbocycles. The Balaban J connectivity index is 1.60. The van der Waals surface area contributed by atoms with Gasteiger partial charge in [-0.2, -0.15) is 0 Å². The maximum Gasteiger partial charge on any atom is 0.257 e. The van der Waals surface area contributed by atoms with Gasteiger partial charge in [0.25, 0.3) is 5.91 Å². The van der Waals surface area contributed by atoms with Crippen molar-refractivity contribution in [1.82, 2.24) is 5.32 Å². The standard InChI is InChI=1S/C23H29N3O2S/c1-3-17(2)28-19-13-11-18(12-14-19)22(27)25-23(29)24-20-9-5-6-10-21(20)26-15-7-4-8-16-26/h5-6,9-14,17H,3-4,7-8,15-16H2,1-2H3,(H2,24,25,27,29)/t17-/m1/s1. The number of amides is 1. The highest BCUT2D eigenvalue weighted by atomic mass is 32.1. The second-order valence-electron chi connectivity index (χ2n) is 7.33. The molecule has 1 aliphatic rings. The van der Waals surface area contributed by atoms with Gasteiger partial charge in [0, 0.05) is 18.7 Å². The Hall–Kier alpha value is -2.60. The van der Waals surface area contributed by atoms with Crippen molar-refractivity contribution in [1.29, 1.82) is 0 Å². The van der Waals surface area contributed by atoms with E-state index < -0.39 is 0 Å². The maximum absolute atomic E-state index is 12.5. The molecule has 0 radical (unpaired) electrons. The molecule has 2 N–H and O–H groups in total. The minimum absolute atomic E-state index is 0.145. The number of nitrogens with zero attached hydrogens (tertiary/aromatic N) is 1. The van der Waals surface area contributed by atoms with E-state index in [0.29, 0.717) is 10.7 Å². The van der Waals surface area contributed by atoms with Gasteiger partial charge in [-0.15, -0.1) is 0 Å². The first kappa shape index (κ1) is 21.1. The molecular formula is C23H29N3O2S. The van der Waals surface area contributed by atoms with Crippen LogP contribution in [0.25, 0.3) is 0 Å². The molecular weight excluding hydrogens is 382 g/mol. The number of rotatable bonds is 6. The number of nitrogens with one attached hydrogen (secondary N) is 2. The van der Waals surface area contributed by atoms with Crippen LogP contribution in [-0.2, 0) is 0 Å². The first-order chi connectivity index (χ1) is 14.1. The van der Waals surface area contributed by atoms with Gasteiger partial charge in [0.1, 0.15) is 5.75 Å². The molecule has 1 aliphatic heterocycles. The fourth-order valence-corrected chi connectivity index (χ4v) is 3.52. The molecule has 0 bridgehead atoms. The van der Waals surface area contributed by atoms with Crippen LogP contribution in [0.2, 0.25) is 0 Å². The van der Waals surface area contributed by atoms with Gasteiger partial charge in [-0.05, 0) is 81.2 Å². The third-order valence-corrected chi connectivity index (χ3v) is 5.31. The molecule has 0 unspecified atom stereocenters. The van der Waals surface area contributed by atoms with E-state index in [-0.39, 0.29) is 12.0 Å². The van der Waals surface area contributed by atoms with Gasteiger partial charge in [-0.25, -0.2) is 0 Å². The molecule has 2 aromatic rings. The molecule has 1 atom stereocenters. The first-order valence-corrected chi connectivity index (χ1v) is 10.7. The van der Waals surface area contributed by atoms with E-state index in [2.05, 4.69) is 28.5 Å².